The zero-order chi connectivity index (χ0) is 29.9. The molecule has 1 heteroatoms. The highest BCUT2D eigenvalue weighted by molar-refractivity contribution is 6.03. The monoisotopic (exact) mass is 564 g/mol. The lowest BCUT2D eigenvalue weighted by Crippen LogP contribution is -2.39. The SMILES string of the molecule is Cc1cccc(C)c1-[n+]1c(-c2ccccc2)c(-c2ccccc2)c(-c2ccccc2)c(-c2ccccc2)c1-c1ccccc1. The molecule has 0 aliphatic heterocycles. The molecule has 7 rings (SSSR count). The average molecular weight is 565 g/mol. The maximum absolute atomic E-state index is 2.55. The zero-order valence-electron chi connectivity index (χ0n) is 25.1. The van der Waals surface area contributed by atoms with E-state index in [9.17, 15) is 0 Å². The third-order valence-electron chi connectivity index (χ3n) is 8.37. The molecule has 0 fully saturated rings. The predicted octanol–water partition coefficient (Wildman–Crippen LogP) is 10.9. The van der Waals surface area contributed by atoms with Crippen molar-refractivity contribution >= 4 is 0 Å². The van der Waals surface area contributed by atoms with Crippen molar-refractivity contribution in [2.75, 3.05) is 0 Å². The van der Waals surface area contributed by atoms with Crippen molar-refractivity contribution in [1.29, 1.82) is 0 Å². The van der Waals surface area contributed by atoms with Crippen LogP contribution in [0, 0.1) is 13.8 Å². The van der Waals surface area contributed by atoms with Gasteiger partial charge in [-0.2, -0.15) is 4.57 Å². The number of hydrogen-bond donors (Lipinski definition) is 0. The summed E-state index contributed by atoms with van der Waals surface area (Å²) in [6.07, 6.45) is 0. The van der Waals surface area contributed by atoms with Crippen molar-refractivity contribution in [3.05, 3.63) is 181 Å². The van der Waals surface area contributed by atoms with Gasteiger partial charge < -0.3 is 0 Å². The molecule has 210 valence electrons. The van der Waals surface area contributed by atoms with Crippen molar-refractivity contribution in [3.8, 4) is 61.6 Å². The minimum Gasteiger partial charge on any atom is -0.151 e. The second-order valence-electron chi connectivity index (χ2n) is 11.2. The van der Waals surface area contributed by atoms with Gasteiger partial charge in [-0.05, 0) is 54.8 Å². The Kier molecular flexibility index (Phi) is 7.44. The van der Waals surface area contributed by atoms with Crippen molar-refractivity contribution in [3.63, 3.8) is 0 Å². The molecule has 0 N–H and O–H groups in total. The van der Waals surface area contributed by atoms with Crippen LogP contribution in [0.3, 0.4) is 0 Å². The van der Waals surface area contributed by atoms with E-state index in [0.29, 0.717) is 0 Å². The van der Waals surface area contributed by atoms with E-state index in [0.717, 1.165) is 0 Å². The van der Waals surface area contributed by atoms with E-state index in [4.69, 9.17) is 0 Å². The molecule has 0 aliphatic rings. The zero-order valence-corrected chi connectivity index (χ0v) is 25.1. The molecule has 0 saturated carbocycles. The summed E-state index contributed by atoms with van der Waals surface area (Å²) in [5, 5.41) is 0. The summed E-state index contributed by atoms with van der Waals surface area (Å²) in [7, 11) is 0. The molecule has 0 atom stereocenters. The van der Waals surface area contributed by atoms with E-state index in [1.807, 2.05) is 0 Å². The van der Waals surface area contributed by atoms with Crippen LogP contribution < -0.4 is 4.57 Å². The van der Waals surface area contributed by atoms with Crippen molar-refractivity contribution in [2.45, 2.75) is 13.8 Å². The number of aromatic nitrogens is 1. The molecule has 44 heavy (non-hydrogen) atoms. The van der Waals surface area contributed by atoms with Crippen LogP contribution in [0.15, 0.2) is 170 Å². The van der Waals surface area contributed by atoms with Gasteiger partial charge in [0, 0.05) is 27.8 Å². The van der Waals surface area contributed by atoms with Crippen LogP contribution in [0.4, 0.5) is 0 Å². The Morgan fingerprint density at radius 3 is 0.932 bits per heavy atom. The van der Waals surface area contributed by atoms with Gasteiger partial charge >= 0.3 is 0 Å². The van der Waals surface area contributed by atoms with E-state index in [1.54, 1.807) is 0 Å². The first-order valence-corrected chi connectivity index (χ1v) is 15.2. The maximum Gasteiger partial charge on any atom is 0.227 e. The standard InChI is InChI=1S/C43H34N/c1-31-19-18-20-32(2)41(31)44-42(36-27-14-6-15-28-36)39(34-23-10-4-11-24-34)38(33-21-8-3-9-22-33)40(35-25-12-5-13-26-35)43(44)37-29-16-7-17-30-37/h3-30H,1-2H3/q+1. The van der Waals surface area contributed by atoms with Gasteiger partial charge in [0.2, 0.25) is 17.1 Å². The topological polar surface area (TPSA) is 3.88 Å². The number of para-hydroxylation sites is 1. The Labute approximate surface area is 260 Å². The van der Waals surface area contributed by atoms with Gasteiger partial charge in [0.05, 0.1) is 11.1 Å². The number of pyridine rings is 1. The number of hydrogen-bond acceptors (Lipinski definition) is 0. The van der Waals surface area contributed by atoms with Crippen LogP contribution in [0.1, 0.15) is 11.1 Å². The third-order valence-corrected chi connectivity index (χ3v) is 8.37. The Bertz CT molecular complexity index is 1910. The third kappa shape index (κ3) is 4.93. The molecule has 6 aromatic carbocycles. The smallest absolute Gasteiger partial charge is 0.151 e. The first-order chi connectivity index (χ1) is 21.7. The van der Waals surface area contributed by atoms with Crippen LogP contribution in [-0.4, -0.2) is 0 Å². The molecule has 1 nitrogen and oxygen atoms in total. The molecule has 1 heterocycles. The summed E-state index contributed by atoms with van der Waals surface area (Å²) in [6, 6.07) is 61.1. The van der Waals surface area contributed by atoms with E-state index >= 15 is 0 Å². The predicted molar refractivity (Wildman–Crippen MR) is 185 cm³/mol. The highest BCUT2D eigenvalue weighted by Crippen LogP contribution is 2.48. The molecule has 0 saturated heterocycles. The van der Waals surface area contributed by atoms with E-state index in [2.05, 4.69) is 188 Å². The number of benzene rings is 6. The van der Waals surface area contributed by atoms with Crippen molar-refractivity contribution in [1.82, 2.24) is 0 Å². The lowest BCUT2D eigenvalue weighted by atomic mass is 9.82. The van der Waals surface area contributed by atoms with Crippen LogP contribution in [0.25, 0.3) is 61.6 Å². The number of nitrogens with zero attached hydrogens (tertiary/aromatic N) is 1. The molecule has 0 spiro atoms. The lowest BCUT2D eigenvalue weighted by Gasteiger charge is -2.24. The molecule has 0 unspecified atom stereocenters. The number of aryl methyl sites for hydroxylation is 2. The molecule has 0 radical (unpaired) electrons. The summed E-state index contributed by atoms with van der Waals surface area (Å²) in [5.41, 5.74) is 15.6. The summed E-state index contributed by atoms with van der Waals surface area (Å²) in [6.45, 7) is 4.46. The van der Waals surface area contributed by atoms with Crippen LogP contribution in [0.5, 0.6) is 0 Å². The van der Waals surface area contributed by atoms with Gasteiger partial charge in [0.25, 0.3) is 0 Å². The molecule has 1 aromatic heterocycles. The minimum absolute atomic E-state index is 1.17. The van der Waals surface area contributed by atoms with Crippen LogP contribution in [-0.2, 0) is 0 Å². The van der Waals surface area contributed by atoms with Crippen molar-refractivity contribution < 1.29 is 4.57 Å². The van der Waals surface area contributed by atoms with Gasteiger partial charge in [0.15, 0.2) is 0 Å². The Balaban J connectivity index is 1.85. The van der Waals surface area contributed by atoms with Gasteiger partial charge in [0.1, 0.15) is 0 Å². The largest absolute Gasteiger partial charge is 0.227 e. The molecule has 0 bridgehead atoms. The Morgan fingerprint density at radius 1 is 0.295 bits per heavy atom. The van der Waals surface area contributed by atoms with Gasteiger partial charge in [-0.3, -0.25) is 0 Å². The normalized spacial score (nSPS) is 11.0. The van der Waals surface area contributed by atoms with Gasteiger partial charge in [-0.25, -0.2) is 0 Å². The van der Waals surface area contributed by atoms with E-state index in [1.165, 1.54) is 72.7 Å². The highest BCUT2D eigenvalue weighted by Gasteiger charge is 2.36. The van der Waals surface area contributed by atoms with Gasteiger partial charge in [-0.1, -0.05) is 146 Å². The Hall–Kier alpha value is -5.53. The molecular weight excluding hydrogens is 530 g/mol. The average Bonchev–Trinajstić information content (AvgIpc) is 3.09. The van der Waals surface area contributed by atoms with Gasteiger partial charge in [-0.15, -0.1) is 0 Å². The summed E-state index contributed by atoms with van der Waals surface area (Å²) in [4.78, 5) is 0. The molecule has 0 aliphatic carbocycles. The summed E-state index contributed by atoms with van der Waals surface area (Å²) in [5.74, 6) is 0. The summed E-state index contributed by atoms with van der Waals surface area (Å²) >= 11 is 0. The lowest BCUT2D eigenvalue weighted by molar-refractivity contribution is -0.571. The molecule has 0 amide bonds. The van der Waals surface area contributed by atoms with Crippen molar-refractivity contribution in [2.24, 2.45) is 0 Å². The van der Waals surface area contributed by atoms with Crippen LogP contribution >= 0.6 is 0 Å². The quantitative estimate of drug-likeness (QED) is 0.177. The summed E-state index contributed by atoms with van der Waals surface area (Å²) < 4.78 is 2.55. The van der Waals surface area contributed by atoms with E-state index < -0.39 is 0 Å². The molecule has 7 aromatic rings. The second kappa shape index (κ2) is 12.0. The second-order valence-corrected chi connectivity index (χ2v) is 11.2. The fraction of sp³-hybridized carbons (Fsp3) is 0.0465. The number of rotatable bonds is 6. The minimum atomic E-state index is 1.17. The Morgan fingerprint density at radius 2 is 0.591 bits per heavy atom. The maximum atomic E-state index is 2.55. The first-order valence-electron chi connectivity index (χ1n) is 15.2. The highest BCUT2D eigenvalue weighted by atomic mass is 15.0. The fourth-order valence-corrected chi connectivity index (χ4v) is 6.48. The molecular formula is C43H34N+. The first kappa shape index (κ1) is 27.3. The van der Waals surface area contributed by atoms with E-state index in [-0.39, 0.29) is 0 Å². The fourth-order valence-electron chi connectivity index (χ4n) is 6.48. The van der Waals surface area contributed by atoms with Crippen LogP contribution in [0.2, 0.25) is 0 Å².